The molecular weight excluding hydrogens is 350 g/mol. The number of rotatable bonds is 3. The SMILES string of the molecule is CS(=O)(=O)c1cccc2c1CCc1c-2sc(NC(N)=O)c1C(N)=O. The molecule has 1 aliphatic rings. The average Bonchev–Trinajstić information content (AvgIpc) is 2.83. The lowest BCUT2D eigenvalue weighted by Crippen LogP contribution is -2.22. The number of hydrogen-bond donors (Lipinski definition) is 3. The third kappa shape index (κ3) is 2.65. The van der Waals surface area contributed by atoms with Crippen LogP contribution >= 0.6 is 11.3 Å². The van der Waals surface area contributed by atoms with Gasteiger partial charge >= 0.3 is 6.03 Å². The summed E-state index contributed by atoms with van der Waals surface area (Å²) in [6.07, 6.45) is 2.10. The maximum atomic E-state index is 12.0. The number of primary amides is 2. The van der Waals surface area contributed by atoms with Crippen LogP contribution in [-0.2, 0) is 22.7 Å². The summed E-state index contributed by atoms with van der Waals surface area (Å²) in [5, 5.41) is 2.72. The summed E-state index contributed by atoms with van der Waals surface area (Å²) >= 11 is 1.17. The van der Waals surface area contributed by atoms with Crippen molar-refractivity contribution in [1.82, 2.24) is 0 Å². The zero-order valence-corrected chi connectivity index (χ0v) is 14.4. The van der Waals surface area contributed by atoms with Crippen LogP contribution in [0.15, 0.2) is 23.1 Å². The third-order valence-corrected chi connectivity index (χ3v) is 6.25. The average molecular weight is 365 g/mol. The van der Waals surface area contributed by atoms with Gasteiger partial charge in [-0.05, 0) is 35.6 Å². The fourth-order valence-corrected chi connectivity index (χ4v) is 5.31. The molecule has 5 N–H and O–H groups in total. The summed E-state index contributed by atoms with van der Waals surface area (Å²) in [5.74, 6) is -0.654. The van der Waals surface area contributed by atoms with Crippen molar-refractivity contribution in [2.75, 3.05) is 11.6 Å². The summed E-state index contributed by atoms with van der Waals surface area (Å²) < 4.78 is 24.0. The first-order chi connectivity index (χ1) is 11.2. The Hall–Kier alpha value is -2.39. The number of carbonyl (C=O) groups is 2. The van der Waals surface area contributed by atoms with Crippen LogP contribution in [0.5, 0.6) is 0 Å². The number of fused-ring (bicyclic) bond motifs is 3. The second-order valence-electron chi connectivity index (χ2n) is 5.52. The minimum atomic E-state index is -3.36. The van der Waals surface area contributed by atoms with Gasteiger partial charge in [0.2, 0.25) is 0 Å². The number of thiophene rings is 1. The molecule has 0 bridgehead atoms. The van der Waals surface area contributed by atoms with Crippen molar-refractivity contribution in [3.8, 4) is 10.4 Å². The van der Waals surface area contributed by atoms with E-state index in [1.807, 2.05) is 0 Å². The molecule has 0 aliphatic heterocycles. The van der Waals surface area contributed by atoms with Crippen molar-refractivity contribution >= 4 is 38.1 Å². The molecule has 0 saturated carbocycles. The van der Waals surface area contributed by atoms with E-state index in [0.29, 0.717) is 12.8 Å². The number of urea groups is 1. The van der Waals surface area contributed by atoms with Crippen molar-refractivity contribution in [1.29, 1.82) is 0 Å². The first kappa shape index (κ1) is 16.5. The molecule has 0 fully saturated rings. The van der Waals surface area contributed by atoms with E-state index in [1.165, 1.54) is 17.6 Å². The van der Waals surface area contributed by atoms with Gasteiger partial charge in [-0.2, -0.15) is 0 Å². The van der Waals surface area contributed by atoms with Gasteiger partial charge < -0.3 is 11.5 Å². The smallest absolute Gasteiger partial charge is 0.317 e. The number of sulfone groups is 1. The Balaban J connectivity index is 2.27. The zero-order chi connectivity index (χ0) is 17.6. The zero-order valence-electron chi connectivity index (χ0n) is 12.8. The van der Waals surface area contributed by atoms with Crippen LogP contribution < -0.4 is 16.8 Å². The molecule has 1 aliphatic carbocycles. The van der Waals surface area contributed by atoms with E-state index in [1.54, 1.807) is 18.2 Å². The molecule has 0 spiro atoms. The van der Waals surface area contributed by atoms with Crippen molar-refractivity contribution in [2.24, 2.45) is 11.5 Å². The molecule has 0 saturated heterocycles. The standard InChI is InChI=1S/C15H15N3O4S2/c1-24(21,22)10-4-2-3-8-7(10)5-6-9-11(13(16)19)14(18-15(17)20)23-12(8)9/h2-4H,5-6H2,1H3,(H2,16,19)(H3,17,18,20). The van der Waals surface area contributed by atoms with Crippen LogP contribution in [0.25, 0.3) is 10.4 Å². The number of benzene rings is 1. The van der Waals surface area contributed by atoms with Crippen LogP contribution in [0.2, 0.25) is 0 Å². The summed E-state index contributed by atoms with van der Waals surface area (Å²) in [6, 6.07) is 4.25. The Morgan fingerprint density at radius 1 is 1.17 bits per heavy atom. The number of hydrogen-bond acceptors (Lipinski definition) is 5. The Labute approximate surface area is 142 Å². The number of carbonyl (C=O) groups excluding carboxylic acids is 2. The van der Waals surface area contributed by atoms with Crippen LogP contribution in [0.1, 0.15) is 21.5 Å². The van der Waals surface area contributed by atoms with Gasteiger partial charge in [0.25, 0.3) is 5.91 Å². The van der Waals surface area contributed by atoms with Gasteiger partial charge in [-0.3, -0.25) is 10.1 Å². The maximum Gasteiger partial charge on any atom is 0.317 e. The van der Waals surface area contributed by atoms with E-state index < -0.39 is 21.8 Å². The summed E-state index contributed by atoms with van der Waals surface area (Å²) in [7, 11) is -3.36. The lowest BCUT2D eigenvalue weighted by molar-refractivity contribution is 0.100. The fourth-order valence-electron chi connectivity index (χ4n) is 3.02. The molecule has 1 aromatic heterocycles. The third-order valence-electron chi connectivity index (χ3n) is 3.89. The van der Waals surface area contributed by atoms with Gasteiger partial charge in [-0.25, -0.2) is 13.2 Å². The Morgan fingerprint density at radius 3 is 2.42 bits per heavy atom. The van der Waals surface area contributed by atoms with Crippen LogP contribution in [0.4, 0.5) is 9.80 Å². The molecule has 24 heavy (non-hydrogen) atoms. The van der Waals surface area contributed by atoms with Crippen LogP contribution in [-0.4, -0.2) is 26.6 Å². The van der Waals surface area contributed by atoms with Crippen molar-refractivity contribution in [2.45, 2.75) is 17.7 Å². The molecule has 126 valence electrons. The normalized spacial score (nSPS) is 13.0. The van der Waals surface area contributed by atoms with Gasteiger partial charge in [0.1, 0.15) is 5.00 Å². The molecule has 1 aromatic carbocycles. The molecular formula is C15H15N3O4S2. The van der Waals surface area contributed by atoms with Crippen LogP contribution in [0.3, 0.4) is 0 Å². The van der Waals surface area contributed by atoms with Crippen molar-refractivity contribution < 1.29 is 18.0 Å². The maximum absolute atomic E-state index is 12.0. The molecule has 3 amide bonds. The first-order valence-electron chi connectivity index (χ1n) is 7.04. The molecule has 1 heterocycles. The molecule has 0 radical (unpaired) electrons. The second kappa shape index (κ2) is 5.60. The molecule has 2 aromatic rings. The van der Waals surface area contributed by atoms with Gasteiger partial charge in [0, 0.05) is 11.1 Å². The summed E-state index contributed by atoms with van der Waals surface area (Å²) in [5.41, 5.74) is 13.0. The lowest BCUT2D eigenvalue weighted by atomic mass is 9.89. The van der Waals surface area contributed by atoms with Crippen molar-refractivity contribution in [3.05, 3.63) is 34.9 Å². The summed E-state index contributed by atoms with van der Waals surface area (Å²) in [4.78, 5) is 24.0. The fraction of sp³-hybridized carbons (Fsp3) is 0.200. The minimum Gasteiger partial charge on any atom is -0.365 e. The lowest BCUT2D eigenvalue weighted by Gasteiger charge is -2.19. The van der Waals surface area contributed by atoms with E-state index >= 15 is 0 Å². The van der Waals surface area contributed by atoms with Gasteiger partial charge in [0.15, 0.2) is 9.84 Å². The topological polar surface area (TPSA) is 132 Å². The Bertz CT molecular complexity index is 977. The minimum absolute atomic E-state index is 0.240. The largest absolute Gasteiger partial charge is 0.365 e. The molecule has 7 nitrogen and oxygen atoms in total. The highest BCUT2D eigenvalue weighted by molar-refractivity contribution is 7.90. The van der Waals surface area contributed by atoms with Gasteiger partial charge in [-0.15, -0.1) is 11.3 Å². The molecule has 0 atom stereocenters. The predicted molar refractivity (Wildman–Crippen MR) is 92.0 cm³/mol. The highest BCUT2D eigenvalue weighted by Gasteiger charge is 2.30. The Morgan fingerprint density at radius 2 is 1.83 bits per heavy atom. The van der Waals surface area contributed by atoms with E-state index in [9.17, 15) is 18.0 Å². The highest BCUT2D eigenvalue weighted by Crippen LogP contribution is 2.46. The first-order valence-corrected chi connectivity index (χ1v) is 9.75. The number of amides is 3. The number of anilines is 1. The number of nitrogens with one attached hydrogen (secondary N) is 1. The predicted octanol–water partition coefficient (Wildman–Crippen LogP) is 1.51. The molecule has 0 unspecified atom stereocenters. The van der Waals surface area contributed by atoms with E-state index in [4.69, 9.17) is 11.5 Å². The molecule has 3 rings (SSSR count). The van der Waals surface area contributed by atoms with Crippen LogP contribution in [0, 0.1) is 0 Å². The van der Waals surface area contributed by atoms with E-state index in [-0.39, 0.29) is 15.5 Å². The quantitative estimate of drug-likeness (QED) is 0.760. The Kier molecular flexibility index (Phi) is 3.84. The highest BCUT2D eigenvalue weighted by atomic mass is 32.2. The van der Waals surface area contributed by atoms with E-state index in [0.717, 1.165) is 21.6 Å². The monoisotopic (exact) mass is 365 g/mol. The van der Waals surface area contributed by atoms with Crippen molar-refractivity contribution in [3.63, 3.8) is 0 Å². The van der Waals surface area contributed by atoms with Gasteiger partial charge in [0.05, 0.1) is 10.5 Å². The number of nitrogens with two attached hydrogens (primary N) is 2. The van der Waals surface area contributed by atoms with Gasteiger partial charge in [-0.1, -0.05) is 12.1 Å². The summed E-state index contributed by atoms with van der Waals surface area (Å²) in [6.45, 7) is 0. The van der Waals surface area contributed by atoms with E-state index in [2.05, 4.69) is 5.32 Å². The molecule has 9 heteroatoms. The second-order valence-corrected chi connectivity index (χ2v) is 8.53.